The molecule has 0 heterocycles. The zero-order chi connectivity index (χ0) is 51.4. The highest BCUT2D eigenvalue weighted by Gasteiger charge is 2.59. The molecule has 0 bridgehead atoms. The van der Waals surface area contributed by atoms with Gasteiger partial charge in [-0.1, -0.05) is 72.4 Å². The quantitative estimate of drug-likeness (QED) is 0.0590. The van der Waals surface area contributed by atoms with E-state index in [1.807, 2.05) is 12.2 Å². The maximum Gasteiger partial charge on any atom is 0.339 e. The lowest BCUT2D eigenvalue weighted by Crippen LogP contribution is -2.53. The summed E-state index contributed by atoms with van der Waals surface area (Å²) in [5.74, 6) is -4.66. The topological polar surface area (TPSA) is 230 Å². The fourth-order valence-corrected chi connectivity index (χ4v) is 14.4. The van der Waals surface area contributed by atoms with Crippen LogP contribution in [0.1, 0.15) is 161 Å². The summed E-state index contributed by atoms with van der Waals surface area (Å²) in [5, 5.41) is 80.4. The molecule has 0 radical (unpaired) electrons. The molecule has 4 saturated carbocycles. The summed E-state index contributed by atoms with van der Waals surface area (Å²) in [5.41, 5.74) is 1.06. The summed E-state index contributed by atoms with van der Waals surface area (Å²) in [7, 11) is 0. The van der Waals surface area contributed by atoms with Crippen LogP contribution < -0.4 is 0 Å². The van der Waals surface area contributed by atoms with Gasteiger partial charge >= 0.3 is 23.9 Å². The van der Waals surface area contributed by atoms with Gasteiger partial charge in [-0.05, 0) is 212 Å². The third-order valence-corrected chi connectivity index (χ3v) is 18.3. The van der Waals surface area contributed by atoms with Gasteiger partial charge in [-0.25, -0.2) is 19.2 Å². The molecule has 376 valence electrons. The minimum atomic E-state index is -1.38. The molecule has 4 aromatic carbocycles. The number of aromatic carboxylic acids is 4. The van der Waals surface area contributed by atoms with Gasteiger partial charge in [-0.2, -0.15) is 0 Å². The summed E-state index contributed by atoms with van der Waals surface area (Å²) >= 11 is 25.3. The number of halogens is 4. The maximum atomic E-state index is 12.1. The smallest absolute Gasteiger partial charge is 0.339 e. The third-order valence-electron chi connectivity index (χ3n) is 17.2. The lowest BCUT2D eigenvalue weighted by atomic mass is 9.44. The molecule has 8 rings (SSSR count). The summed E-state index contributed by atoms with van der Waals surface area (Å²) in [6, 6.07) is 10.9. The molecule has 0 aromatic heterocycles. The van der Waals surface area contributed by atoms with Gasteiger partial charge in [0.05, 0.1) is 20.1 Å². The van der Waals surface area contributed by atoms with E-state index < -0.39 is 69.1 Å². The van der Waals surface area contributed by atoms with E-state index in [1.54, 1.807) is 0 Å². The molecule has 16 heteroatoms. The van der Waals surface area contributed by atoms with Gasteiger partial charge in [-0.15, -0.1) is 0 Å². The monoisotopic (exact) mass is 1050 g/mol. The van der Waals surface area contributed by atoms with Crippen molar-refractivity contribution in [2.45, 2.75) is 97.3 Å². The van der Waals surface area contributed by atoms with Crippen LogP contribution in [0.15, 0.2) is 60.7 Å². The average molecular weight is 1050 g/mol. The van der Waals surface area contributed by atoms with Crippen molar-refractivity contribution in [3.05, 3.63) is 125 Å². The normalized spacial score (nSPS) is 25.5. The van der Waals surface area contributed by atoms with Crippen molar-refractivity contribution in [2.24, 2.45) is 46.3 Å². The number of allylic oxidation sites excluding steroid dienone is 2. The fourth-order valence-electron chi connectivity index (χ4n) is 13.6. The Morgan fingerprint density at radius 1 is 0.507 bits per heavy atom. The standard InChI is InChI=1S/C55H56Cl4O12/c1-54-16-14-41-35(40(54)12-10-31(54)6-4-8-34(29-20-38(52(68)69)48(62)44(58)24-29)30-21-39(53(70)71)49(63)45(59)25-30)11-9-32-17-26(13-15-55(32,41)2)5-3-7-33(27-18-36(50(64)65)46(60)42(56)22-27)28-19-37(51(66)67)47(61)43(57)23-28/h7-8,18-26,31-32,35,40-41,60-63H,3-6,9-17H2,1-2H3,(H,64,65)(H,66,67)(H,68,69)(H,70,71)/t26-,31-,32-,35-,40-,41-,54+,55-/m0/s1. The molecule has 0 spiro atoms. The van der Waals surface area contributed by atoms with Crippen LogP contribution in [0.4, 0.5) is 0 Å². The van der Waals surface area contributed by atoms with Crippen molar-refractivity contribution in [3.8, 4) is 23.0 Å². The van der Waals surface area contributed by atoms with E-state index in [0.717, 1.165) is 64.2 Å². The van der Waals surface area contributed by atoms with Crippen molar-refractivity contribution in [3.63, 3.8) is 0 Å². The molecule has 0 aliphatic heterocycles. The molecule has 12 nitrogen and oxygen atoms in total. The van der Waals surface area contributed by atoms with Crippen molar-refractivity contribution < 1.29 is 60.0 Å². The van der Waals surface area contributed by atoms with Crippen molar-refractivity contribution in [2.75, 3.05) is 0 Å². The Balaban J connectivity index is 0.974. The predicted octanol–water partition coefficient (Wildman–Crippen LogP) is 14.3. The van der Waals surface area contributed by atoms with Crippen LogP contribution in [-0.2, 0) is 0 Å². The number of carbonyl (C=O) groups is 4. The molecule has 0 amide bonds. The van der Waals surface area contributed by atoms with Gasteiger partial charge < -0.3 is 40.9 Å². The van der Waals surface area contributed by atoms with Gasteiger partial charge in [0.15, 0.2) is 0 Å². The highest BCUT2D eigenvalue weighted by atomic mass is 35.5. The predicted molar refractivity (Wildman–Crippen MR) is 272 cm³/mol. The fraction of sp³-hybridized carbons (Fsp3) is 0.418. The molecule has 8 N–H and O–H groups in total. The molecular weight excluding hydrogens is 994 g/mol. The second kappa shape index (κ2) is 20.2. The Kier molecular flexibility index (Phi) is 14.8. The average Bonchev–Trinajstić information content (AvgIpc) is 3.65. The van der Waals surface area contributed by atoms with Crippen molar-refractivity contribution in [1.29, 1.82) is 0 Å². The van der Waals surface area contributed by atoms with Crippen LogP contribution >= 0.6 is 46.4 Å². The Labute approximate surface area is 431 Å². The lowest BCUT2D eigenvalue weighted by Gasteiger charge is -2.61. The Morgan fingerprint density at radius 3 is 1.30 bits per heavy atom. The Hall–Kier alpha value is -5.40. The minimum Gasteiger partial charge on any atom is -0.505 e. The molecule has 4 fully saturated rings. The first-order valence-electron chi connectivity index (χ1n) is 24.0. The molecule has 8 atom stereocenters. The first-order chi connectivity index (χ1) is 33.5. The van der Waals surface area contributed by atoms with E-state index >= 15 is 0 Å². The van der Waals surface area contributed by atoms with Crippen LogP contribution in [0.3, 0.4) is 0 Å². The van der Waals surface area contributed by atoms with E-state index in [9.17, 15) is 60.0 Å². The van der Waals surface area contributed by atoms with Gasteiger partial charge in [0.2, 0.25) is 0 Å². The molecule has 0 saturated heterocycles. The summed E-state index contributed by atoms with van der Waals surface area (Å²) in [4.78, 5) is 48.3. The van der Waals surface area contributed by atoms with Crippen molar-refractivity contribution in [1.82, 2.24) is 0 Å². The number of rotatable bonds is 14. The van der Waals surface area contributed by atoms with Crippen LogP contribution in [-0.4, -0.2) is 64.7 Å². The molecule has 4 aromatic rings. The van der Waals surface area contributed by atoms with Crippen LogP contribution in [0, 0.1) is 46.3 Å². The molecule has 71 heavy (non-hydrogen) atoms. The second-order valence-corrected chi connectivity index (χ2v) is 22.3. The molecule has 4 aliphatic rings. The molecular formula is C55H56Cl4O12. The second-order valence-electron chi connectivity index (χ2n) is 20.6. The number of fused-ring (bicyclic) bond motifs is 5. The van der Waals surface area contributed by atoms with Crippen LogP contribution in [0.5, 0.6) is 23.0 Å². The number of hydrogen-bond donors (Lipinski definition) is 8. The number of carboxylic acids is 4. The van der Waals surface area contributed by atoms with Gasteiger partial charge in [-0.3, -0.25) is 0 Å². The van der Waals surface area contributed by atoms with Gasteiger partial charge in [0.1, 0.15) is 45.3 Å². The number of carboxylic acid groups (broad SMARTS) is 4. The number of hydrogen-bond acceptors (Lipinski definition) is 8. The van der Waals surface area contributed by atoms with E-state index in [2.05, 4.69) is 13.8 Å². The van der Waals surface area contributed by atoms with E-state index in [0.29, 0.717) is 81.7 Å². The number of phenols is 4. The number of benzene rings is 4. The lowest BCUT2D eigenvalue weighted by molar-refractivity contribution is -0.118. The first kappa shape index (κ1) is 51.9. The number of aromatic hydroxyl groups is 4. The third kappa shape index (κ3) is 9.81. The van der Waals surface area contributed by atoms with Crippen LogP contribution in [0.2, 0.25) is 20.1 Å². The van der Waals surface area contributed by atoms with E-state index in [-0.39, 0.29) is 30.9 Å². The first-order valence-corrected chi connectivity index (χ1v) is 25.5. The summed E-state index contributed by atoms with van der Waals surface area (Å²) < 4.78 is 0. The van der Waals surface area contributed by atoms with Gasteiger partial charge in [0, 0.05) is 0 Å². The Morgan fingerprint density at radius 2 is 0.887 bits per heavy atom. The SMILES string of the molecule is C[C@]12CC[C@H](CCC=C(c3cc(Cl)c(O)c(C(=O)O)c3)c3cc(Cl)c(O)c(C(=O)O)c3)C[C@@H]1CC[C@@H]1[C@@H]2CC[C@]2(C)[C@@H](CCC=C(c3cc(Cl)c(O)c(C(=O)O)c3)c3cc(Cl)c(O)c(C(=O)O)c3)CC[C@@H]12. The highest BCUT2D eigenvalue weighted by molar-refractivity contribution is 6.34. The van der Waals surface area contributed by atoms with Crippen molar-refractivity contribution >= 4 is 81.4 Å². The van der Waals surface area contributed by atoms with Crippen LogP contribution in [0.25, 0.3) is 11.1 Å². The van der Waals surface area contributed by atoms with E-state index in [4.69, 9.17) is 46.4 Å². The summed E-state index contributed by atoms with van der Waals surface area (Å²) in [6.07, 6.45) is 16.8. The Bertz CT molecular complexity index is 2770. The zero-order valence-electron chi connectivity index (χ0n) is 39.2. The molecule has 0 unspecified atom stereocenters. The molecule has 4 aliphatic carbocycles. The van der Waals surface area contributed by atoms with Gasteiger partial charge in [0.25, 0.3) is 0 Å². The maximum absolute atomic E-state index is 12.1. The van der Waals surface area contributed by atoms with E-state index in [1.165, 1.54) is 55.0 Å². The largest absolute Gasteiger partial charge is 0.505 e. The summed E-state index contributed by atoms with van der Waals surface area (Å²) in [6.45, 7) is 4.98. The highest BCUT2D eigenvalue weighted by Crippen LogP contribution is 2.68. The minimum absolute atomic E-state index is 0.121. The zero-order valence-corrected chi connectivity index (χ0v) is 42.2.